The molecule has 1 aromatic carbocycles. The molecule has 0 spiro atoms. The van der Waals surface area contributed by atoms with Crippen molar-refractivity contribution < 1.29 is 4.79 Å². The minimum atomic E-state index is -0.435. The highest BCUT2D eigenvalue weighted by Crippen LogP contribution is 2.12. The molecule has 8 nitrogen and oxygen atoms in total. The number of rotatable bonds is 6. The molecule has 3 aromatic rings. The number of nitrogens with one attached hydrogen (secondary N) is 2. The third-order valence-electron chi connectivity index (χ3n) is 5.18. The van der Waals surface area contributed by atoms with Crippen LogP contribution in [0.1, 0.15) is 35.2 Å². The van der Waals surface area contributed by atoms with E-state index in [2.05, 4.69) is 49.5 Å². The molecule has 1 aliphatic rings. The van der Waals surface area contributed by atoms with Gasteiger partial charge < -0.3 is 10.2 Å². The van der Waals surface area contributed by atoms with Crippen molar-refractivity contribution in [1.29, 1.82) is 0 Å². The number of H-pyrrole nitrogens is 1. The van der Waals surface area contributed by atoms with Gasteiger partial charge in [-0.2, -0.15) is 4.52 Å². The number of aryl methyl sites for hydroxylation is 1. The number of nitrogens with zero attached hydrogens (tertiary/aromatic N) is 4. The molecular formula is C20H24N6O2. The Bertz CT molecular complexity index is 997. The molecule has 1 amide bonds. The summed E-state index contributed by atoms with van der Waals surface area (Å²) in [6.07, 6.45) is 6.77. The van der Waals surface area contributed by atoms with E-state index in [1.807, 2.05) is 6.07 Å². The van der Waals surface area contributed by atoms with Crippen molar-refractivity contribution in [2.24, 2.45) is 0 Å². The SMILES string of the molecule is O=C(N[C@@H]1CCCN(CCCc2ccccc2)C1)c1cnc2nc[nH]n2c1=O. The summed E-state index contributed by atoms with van der Waals surface area (Å²) in [5, 5.41) is 5.68. The number of amides is 1. The monoisotopic (exact) mass is 380 g/mol. The lowest BCUT2D eigenvalue weighted by molar-refractivity contribution is 0.0901. The van der Waals surface area contributed by atoms with Gasteiger partial charge in [-0.05, 0) is 44.3 Å². The number of carbonyl (C=O) groups is 1. The number of hydrogen-bond acceptors (Lipinski definition) is 5. The van der Waals surface area contributed by atoms with E-state index in [4.69, 9.17) is 0 Å². The van der Waals surface area contributed by atoms with Crippen LogP contribution in [0.2, 0.25) is 0 Å². The highest BCUT2D eigenvalue weighted by atomic mass is 16.2. The zero-order valence-corrected chi connectivity index (χ0v) is 15.7. The van der Waals surface area contributed by atoms with Crippen molar-refractivity contribution in [3.05, 3.63) is 64.3 Å². The number of aromatic nitrogens is 4. The second-order valence-corrected chi connectivity index (χ2v) is 7.20. The van der Waals surface area contributed by atoms with Gasteiger partial charge >= 0.3 is 0 Å². The first-order chi connectivity index (χ1) is 13.7. The fourth-order valence-electron chi connectivity index (χ4n) is 3.75. The summed E-state index contributed by atoms with van der Waals surface area (Å²) < 4.78 is 1.17. The molecule has 0 aliphatic carbocycles. The summed E-state index contributed by atoms with van der Waals surface area (Å²) in [7, 11) is 0. The molecule has 1 fully saturated rings. The van der Waals surface area contributed by atoms with Crippen molar-refractivity contribution in [3.63, 3.8) is 0 Å². The van der Waals surface area contributed by atoms with Gasteiger partial charge in [0.15, 0.2) is 0 Å². The van der Waals surface area contributed by atoms with Crippen LogP contribution in [-0.2, 0) is 6.42 Å². The highest BCUT2D eigenvalue weighted by Gasteiger charge is 2.23. The van der Waals surface area contributed by atoms with Gasteiger partial charge in [-0.15, -0.1) is 0 Å². The van der Waals surface area contributed by atoms with E-state index in [1.54, 1.807) is 0 Å². The van der Waals surface area contributed by atoms with E-state index >= 15 is 0 Å². The highest BCUT2D eigenvalue weighted by molar-refractivity contribution is 5.93. The van der Waals surface area contributed by atoms with Gasteiger partial charge in [0.25, 0.3) is 17.2 Å². The number of likely N-dealkylation sites (tertiary alicyclic amines) is 1. The van der Waals surface area contributed by atoms with Crippen LogP contribution < -0.4 is 10.9 Å². The molecule has 28 heavy (non-hydrogen) atoms. The van der Waals surface area contributed by atoms with Crippen molar-refractivity contribution in [3.8, 4) is 0 Å². The summed E-state index contributed by atoms with van der Waals surface area (Å²) >= 11 is 0. The van der Waals surface area contributed by atoms with Crippen LogP contribution in [0.4, 0.5) is 0 Å². The Morgan fingerprint density at radius 2 is 2.11 bits per heavy atom. The molecule has 8 heteroatoms. The minimum Gasteiger partial charge on any atom is -0.348 e. The predicted molar refractivity (Wildman–Crippen MR) is 105 cm³/mol. The zero-order valence-electron chi connectivity index (χ0n) is 15.7. The molecule has 1 aliphatic heterocycles. The molecule has 0 unspecified atom stereocenters. The Labute approximate surface area is 162 Å². The van der Waals surface area contributed by atoms with Crippen LogP contribution in [-0.4, -0.2) is 56.1 Å². The second kappa shape index (κ2) is 8.35. The predicted octanol–water partition coefficient (Wildman–Crippen LogP) is 1.24. The van der Waals surface area contributed by atoms with Crippen LogP contribution in [0.3, 0.4) is 0 Å². The lowest BCUT2D eigenvalue weighted by Crippen LogP contribution is -2.48. The van der Waals surface area contributed by atoms with Crippen molar-refractivity contribution in [2.75, 3.05) is 19.6 Å². The fourth-order valence-corrected chi connectivity index (χ4v) is 3.75. The largest absolute Gasteiger partial charge is 0.348 e. The number of aromatic amines is 1. The van der Waals surface area contributed by atoms with Crippen LogP contribution in [0.5, 0.6) is 0 Å². The number of benzene rings is 1. The van der Waals surface area contributed by atoms with Crippen LogP contribution >= 0.6 is 0 Å². The van der Waals surface area contributed by atoms with Gasteiger partial charge in [0.1, 0.15) is 11.9 Å². The molecule has 0 bridgehead atoms. The van der Waals surface area contributed by atoms with E-state index in [0.717, 1.165) is 45.3 Å². The molecule has 1 atom stereocenters. The quantitative estimate of drug-likeness (QED) is 0.671. The number of piperidine rings is 1. The van der Waals surface area contributed by atoms with Gasteiger partial charge in [-0.25, -0.2) is 9.97 Å². The Balaban J connectivity index is 1.32. The molecule has 3 heterocycles. The average Bonchev–Trinajstić information content (AvgIpc) is 3.19. The first kappa shape index (κ1) is 18.4. The number of hydrogen-bond donors (Lipinski definition) is 2. The lowest BCUT2D eigenvalue weighted by Gasteiger charge is -2.33. The van der Waals surface area contributed by atoms with Gasteiger partial charge in [0.2, 0.25) is 0 Å². The summed E-state index contributed by atoms with van der Waals surface area (Å²) in [5.41, 5.74) is 0.949. The van der Waals surface area contributed by atoms with Gasteiger partial charge in [-0.1, -0.05) is 30.3 Å². The van der Waals surface area contributed by atoms with E-state index in [9.17, 15) is 9.59 Å². The first-order valence-electron chi connectivity index (χ1n) is 9.69. The summed E-state index contributed by atoms with van der Waals surface area (Å²) in [5.74, 6) is -0.124. The van der Waals surface area contributed by atoms with Crippen LogP contribution in [0.15, 0.2) is 47.7 Å². The van der Waals surface area contributed by atoms with Crippen molar-refractivity contribution >= 4 is 11.7 Å². The maximum atomic E-state index is 12.6. The maximum Gasteiger partial charge on any atom is 0.286 e. The third kappa shape index (κ3) is 4.12. The Morgan fingerprint density at radius 1 is 1.25 bits per heavy atom. The summed E-state index contributed by atoms with van der Waals surface area (Å²) in [4.78, 5) is 35.3. The smallest absolute Gasteiger partial charge is 0.286 e. The summed E-state index contributed by atoms with van der Waals surface area (Å²) in [6.45, 7) is 2.86. The molecular weight excluding hydrogens is 356 g/mol. The minimum absolute atomic E-state index is 0.0305. The van der Waals surface area contributed by atoms with Gasteiger partial charge in [0, 0.05) is 18.8 Å². The Hall–Kier alpha value is -3.00. The number of carbonyl (C=O) groups excluding carboxylic acids is 1. The molecule has 1 saturated heterocycles. The molecule has 146 valence electrons. The van der Waals surface area contributed by atoms with E-state index in [1.165, 1.54) is 22.6 Å². The summed E-state index contributed by atoms with van der Waals surface area (Å²) in [6, 6.07) is 10.5. The topological polar surface area (TPSA) is 95.4 Å². The maximum absolute atomic E-state index is 12.6. The van der Waals surface area contributed by atoms with Crippen molar-refractivity contribution in [2.45, 2.75) is 31.7 Å². The molecule has 2 aromatic heterocycles. The molecule has 4 rings (SSSR count). The van der Waals surface area contributed by atoms with E-state index in [0.29, 0.717) is 0 Å². The zero-order chi connectivity index (χ0) is 19.3. The first-order valence-corrected chi connectivity index (χ1v) is 9.69. The lowest BCUT2D eigenvalue weighted by atomic mass is 10.0. The van der Waals surface area contributed by atoms with Gasteiger partial charge in [-0.3, -0.25) is 14.7 Å². The number of fused-ring (bicyclic) bond motifs is 1. The Morgan fingerprint density at radius 3 is 2.96 bits per heavy atom. The van der Waals surface area contributed by atoms with E-state index in [-0.39, 0.29) is 23.3 Å². The fraction of sp³-hybridized carbons (Fsp3) is 0.400. The van der Waals surface area contributed by atoms with Crippen molar-refractivity contribution in [1.82, 2.24) is 29.8 Å². The normalized spacial score (nSPS) is 17.6. The molecule has 0 saturated carbocycles. The van der Waals surface area contributed by atoms with E-state index < -0.39 is 5.56 Å². The molecule has 2 N–H and O–H groups in total. The third-order valence-corrected chi connectivity index (χ3v) is 5.18. The Kier molecular flexibility index (Phi) is 5.48. The molecule has 0 radical (unpaired) electrons. The second-order valence-electron chi connectivity index (χ2n) is 7.20. The standard InChI is InChI=1S/C20H24N6O2/c27-18(17-12-21-20-22-14-23-26(20)19(17)28)24-16-9-5-11-25(13-16)10-4-8-15-6-2-1-3-7-15/h1-3,6-7,12,14,16H,4-5,8-11,13H2,(H,24,27)(H,21,22,23)/t16-/m1/s1. The van der Waals surface area contributed by atoms with Crippen LogP contribution in [0.25, 0.3) is 5.78 Å². The van der Waals surface area contributed by atoms with Gasteiger partial charge in [0.05, 0.1) is 0 Å². The van der Waals surface area contributed by atoms with Crippen LogP contribution in [0, 0.1) is 0 Å². The average molecular weight is 380 g/mol.